The lowest BCUT2D eigenvalue weighted by molar-refractivity contribution is -0.146. The van der Waals surface area contributed by atoms with Gasteiger partial charge in [0.2, 0.25) is 0 Å². The van der Waals surface area contributed by atoms with Crippen molar-refractivity contribution in [2.24, 2.45) is 0 Å². The molecule has 0 heterocycles. The molecule has 0 aliphatic carbocycles. The average molecular weight is 258 g/mol. The molecule has 6 heteroatoms. The largest absolute Gasteiger partial charge is 0.463 e. The third kappa shape index (κ3) is 3.96. The van der Waals surface area contributed by atoms with Crippen molar-refractivity contribution < 1.29 is 19.1 Å². The van der Waals surface area contributed by atoms with E-state index in [0.29, 0.717) is 5.69 Å². The van der Waals surface area contributed by atoms with Crippen LogP contribution in [0, 0.1) is 0 Å². The van der Waals surface area contributed by atoms with Gasteiger partial charge in [0, 0.05) is 0 Å². The summed E-state index contributed by atoms with van der Waals surface area (Å²) >= 11 is 5.75. The maximum absolute atomic E-state index is 11.5. The number of hydrogen-bond acceptors (Lipinski definition) is 5. The van der Waals surface area contributed by atoms with E-state index < -0.39 is 18.5 Å². The molecule has 1 aromatic rings. The Labute approximate surface area is 103 Å². The number of rotatable bonds is 4. The minimum Gasteiger partial charge on any atom is -0.463 e. The third-order valence-corrected chi connectivity index (χ3v) is 2.19. The Morgan fingerprint density at radius 3 is 2.65 bits per heavy atom. The fraction of sp³-hybridized carbons (Fsp3) is 0.273. The molecular weight excluding hydrogens is 246 g/mol. The van der Waals surface area contributed by atoms with Crippen LogP contribution < -0.4 is 5.73 Å². The maximum Gasteiger partial charge on any atom is 0.344 e. The van der Waals surface area contributed by atoms with Gasteiger partial charge in [0.15, 0.2) is 6.61 Å². The molecule has 0 aliphatic heterocycles. The lowest BCUT2D eigenvalue weighted by Gasteiger charge is -2.05. The molecule has 0 unspecified atom stereocenters. The van der Waals surface area contributed by atoms with Crippen LogP contribution in [0.1, 0.15) is 17.3 Å². The van der Waals surface area contributed by atoms with E-state index in [2.05, 4.69) is 4.74 Å². The van der Waals surface area contributed by atoms with Gasteiger partial charge in [-0.2, -0.15) is 0 Å². The number of anilines is 1. The Balaban J connectivity index is 2.58. The first kappa shape index (κ1) is 13.3. The number of ether oxygens (including phenoxy) is 2. The predicted molar refractivity (Wildman–Crippen MR) is 62.8 cm³/mol. The Kier molecular flexibility index (Phi) is 4.78. The van der Waals surface area contributed by atoms with Crippen molar-refractivity contribution >= 4 is 29.2 Å². The molecule has 0 spiro atoms. The van der Waals surface area contributed by atoms with Crippen molar-refractivity contribution in [1.29, 1.82) is 0 Å². The summed E-state index contributed by atoms with van der Waals surface area (Å²) < 4.78 is 9.33. The van der Waals surface area contributed by atoms with E-state index in [9.17, 15) is 9.59 Å². The number of carbonyl (C=O) groups is 2. The van der Waals surface area contributed by atoms with E-state index in [0.717, 1.165) is 0 Å². The molecule has 0 atom stereocenters. The minimum absolute atomic E-state index is 0.230. The average Bonchev–Trinajstić information content (AvgIpc) is 2.30. The molecular formula is C11H12ClNO4. The first-order valence-electron chi connectivity index (χ1n) is 4.92. The molecule has 1 aromatic carbocycles. The predicted octanol–water partition coefficient (Wildman–Crippen LogP) is 1.64. The van der Waals surface area contributed by atoms with Gasteiger partial charge in [0.25, 0.3) is 0 Å². The lowest BCUT2D eigenvalue weighted by atomic mass is 10.2. The molecule has 1 rings (SSSR count). The number of esters is 2. The third-order valence-electron chi connectivity index (χ3n) is 1.86. The maximum atomic E-state index is 11.5. The second kappa shape index (κ2) is 6.10. The molecule has 92 valence electrons. The highest BCUT2D eigenvalue weighted by Gasteiger charge is 2.11. The summed E-state index contributed by atoms with van der Waals surface area (Å²) in [6.07, 6.45) is 0. The Morgan fingerprint density at radius 2 is 2.06 bits per heavy atom. The molecule has 5 nitrogen and oxygen atoms in total. The normalized spacial score (nSPS) is 9.76. The van der Waals surface area contributed by atoms with Gasteiger partial charge in [-0.25, -0.2) is 9.59 Å². The minimum atomic E-state index is -0.653. The van der Waals surface area contributed by atoms with E-state index >= 15 is 0 Å². The van der Waals surface area contributed by atoms with Crippen LogP contribution >= 0.6 is 11.6 Å². The zero-order valence-corrected chi connectivity index (χ0v) is 9.99. The zero-order chi connectivity index (χ0) is 12.8. The second-order valence-corrected chi connectivity index (χ2v) is 3.52. The Morgan fingerprint density at radius 1 is 1.35 bits per heavy atom. The quantitative estimate of drug-likeness (QED) is 0.655. The van der Waals surface area contributed by atoms with Crippen molar-refractivity contribution in [2.75, 3.05) is 18.9 Å². The van der Waals surface area contributed by atoms with Crippen LogP contribution in [0.3, 0.4) is 0 Å². The highest BCUT2D eigenvalue weighted by Crippen LogP contribution is 2.19. The number of nitrogen functional groups attached to an aromatic ring is 1. The molecule has 0 radical (unpaired) electrons. The van der Waals surface area contributed by atoms with Crippen LogP contribution in [0.2, 0.25) is 5.02 Å². The molecule has 0 amide bonds. The van der Waals surface area contributed by atoms with Crippen LogP contribution in [0.5, 0.6) is 0 Å². The van der Waals surface area contributed by atoms with Crippen LogP contribution in [-0.2, 0) is 14.3 Å². The van der Waals surface area contributed by atoms with Gasteiger partial charge in [-0.05, 0) is 25.1 Å². The summed E-state index contributed by atoms with van der Waals surface area (Å²) in [5, 5.41) is 0.260. The van der Waals surface area contributed by atoms with Gasteiger partial charge in [-0.1, -0.05) is 11.6 Å². The first-order valence-corrected chi connectivity index (χ1v) is 5.30. The second-order valence-electron chi connectivity index (χ2n) is 3.12. The number of nitrogens with two attached hydrogens (primary N) is 1. The zero-order valence-electron chi connectivity index (χ0n) is 9.23. The Bertz CT molecular complexity index is 433. The van der Waals surface area contributed by atoms with E-state index in [1.807, 2.05) is 0 Å². The van der Waals surface area contributed by atoms with Crippen molar-refractivity contribution in [2.45, 2.75) is 6.92 Å². The standard InChI is InChI=1S/C11H12ClNO4/c1-2-16-10(14)6-17-11(15)7-3-4-9(13)8(12)5-7/h3-5H,2,6,13H2,1H3. The van der Waals surface area contributed by atoms with E-state index in [1.54, 1.807) is 6.92 Å². The number of benzene rings is 1. The van der Waals surface area contributed by atoms with Crippen LogP contribution in [0.25, 0.3) is 0 Å². The summed E-state index contributed by atoms with van der Waals surface area (Å²) in [6, 6.07) is 4.34. The molecule has 0 aromatic heterocycles. The topological polar surface area (TPSA) is 78.6 Å². The fourth-order valence-electron chi connectivity index (χ4n) is 1.06. The molecule has 0 bridgehead atoms. The van der Waals surface area contributed by atoms with Crippen molar-refractivity contribution in [1.82, 2.24) is 0 Å². The smallest absolute Gasteiger partial charge is 0.344 e. The first-order chi connectivity index (χ1) is 8.04. The van der Waals surface area contributed by atoms with Crippen molar-refractivity contribution in [3.8, 4) is 0 Å². The lowest BCUT2D eigenvalue weighted by Crippen LogP contribution is -2.16. The van der Waals surface area contributed by atoms with Gasteiger partial charge >= 0.3 is 11.9 Å². The summed E-state index contributed by atoms with van der Waals surface area (Å²) in [5.74, 6) is -1.25. The van der Waals surface area contributed by atoms with Crippen LogP contribution in [-0.4, -0.2) is 25.2 Å². The van der Waals surface area contributed by atoms with Crippen molar-refractivity contribution in [3.63, 3.8) is 0 Å². The summed E-state index contributed by atoms with van der Waals surface area (Å²) in [6.45, 7) is 1.48. The summed E-state index contributed by atoms with van der Waals surface area (Å²) in [4.78, 5) is 22.4. The molecule has 0 saturated carbocycles. The van der Waals surface area contributed by atoms with Crippen LogP contribution in [0.4, 0.5) is 5.69 Å². The monoisotopic (exact) mass is 257 g/mol. The summed E-state index contributed by atoms with van der Waals surface area (Å²) in [5.41, 5.74) is 6.09. The van der Waals surface area contributed by atoms with Gasteiger partial charge < -0.3 is 15.2 Å². The fourth-order valence-corrected chi connectivity index (χ4v) is 1.25. The number of halogens is 1. The molecule has 2 N–H and O–H groups in total. The van der Waals surface area contributed by atoms with E-state index in [4.69, 9.17) is 22.1 Å². The number of carbonyl (C=O) groups excluding carboxylic acids is 2. The molecule has 0 saturated heterocycles. The van der Waals surface area contributed by atoms with E-state index in [1.165, 1.54) is 18.2 Å². The van der Waals surface area contributed by atoms with Gasteiger partial charge in [0.05, 0.1) is 22.9 Å². The number of hydrogen-bond donors (Lipinski definition) is 1. The van der Waals surface area contributed by atoms with Crippen molar-refractivity contribution in [3.05, 3.63) is 28.8 Å². The van der Waals surface area contributed by atoms with Crippen LogP contribution in [0.15, 0.2) is 18.2 Å². The molecule has 17 heavy (non-hydrogen) atoms. The van der Waals surface area contributed by atoms with Gasteiger partial charge in [-0.15, -0.1) is 0 Å². The molecule has 0 fully saturated rings. The van der Waals surface area contributed by atoms with Gasteiger partial charge in [0.1, 0.15) is 0 Å². The summed E-state index contributed by atoms with van der Waals surface area (Å²) in [7, 11) is 0. The van der Waals surface area contributed by atoms with E-state index in [-0.39, 0.29) is 17.2 Å². The highest BCUT2D eigenvalue weighted by atomic mass is 35.5. The molecule has 0 aliphatic rings. The van der Waals surface area contributed by atoms with Gasteiger partial charge in [-0.3, -0.25) is 0 Å². The Hall–Kier alpha value is -1.75. The highest BCUT2D eigenvalue weighted by molar-refractivity contribution is 6.33. The SMILES string of the molecule is CCOC(=O)COC(=O)c1ccc(N)c(Cl)c1.